The Balaban J connectivity index is 2.20. The Bertz CT molecular complexity index is 671. The number of aryl methyl sites for hydroxylation is 2. The number of piperidine rings is 1. The van der Waals surface area contributed by atoms with E-state index in [4.69, 9.17) is 0 Å². The third-order valence-electron chi connectivity index (χ3n) is 3.96. The van der Waals surface area contributed by atoms with Gasteiger partial charge in [0.15, 0.2) is 5.65 Å². The first-order valence-electron chi connectivity index (χ1n) is 6.77. The fourth-order valence-corrected chi connectivity index (χ4v) is 2.76. The molecule has 0 aromatic carbocycles. The molecule has 0 radical (unpaired) electrons. The van der Waals surface area contributed by atoms with Gasteiger partial charge < -0.3 is 4.90 Å². The first-order chi connectivity index (χ1) is 9.08. The minimum absolute atomic E-state index is 0.209. The normalized spacial score (nSPS) is 20.2. The summed E-state index contributed by atoms with van der Waals surface area (Å²) in [6, 6.07) is 0. The summed E-state index contributed by atoms with van der Waals surface area (Å²) >= 11 is 0. The minimum Gasteiger partial charge on any atom is -0.342 e. The molecule has 1 aliphatic heterocycles. The molecular weight excluding hydrogens is 242 g/mol. The van der Waals surface area contributed by atoms with Crippen molar-refractivity contribution in [1.82, 2.24) is 19.6 Å². The second-order valence-corrected chi connectivity index (χ2v) is 5.50. The number of aromatic amines is 1. The predicted molar refractivity (Wildman–Crippen MR) is 73.7 cm³/mol. The van der Waals surface area contributed by atoms with Crippen molar-refractivity contribution in [1.29, 1.82) is 0 Å². The molecule has 6 heteroatoms. The van der Waals surface area contributed by atoms with Crippen LogP contribution in [0.2, 0.25) is 0 Å². The highest BCUT2D eigenvalue weighted by atomic mass is 16.1. The van der Waals surface area contributed by atoms with Crippen molar-refractivity contribution in [3.63, 3.8) is 0 Å². The summed E-state index contributed by atoms with van der Waals surface area (Å²) in [5.74, 6) is 1.36. The predicted octanol–water partition coefficient (Wildman–Crippen LogP) is 1.27. The van der Waals surface area contributed by atoms with Gasteiger partial charge in [-0.25, -0.2) is 19.3 Å². The summed E-state index contributed by atoms with van der Waals surface area (Å²) in [7, 11) is 0. The topological polar surface area (TPSA) is 66.3 Å². The van der Waals surface area contributed by atoms with Gasteiger partial charge in [-0.15, -0.1) is 0 Å². The van der Waals surface area contributed by atoms with E-state index < -0.39 is 0 Å². The lowest BCUT2D eigenvalue weighted by Gasteiger charge is -2.32. The third-order valence-corrected chi connectivity index (χ3v) is 3.96. The molecule has 1 unspecified atom stereocenters. The van der Waals surface area contributed by atoms with Gasteiger partial charge in [0.05, 0.1) is 0 Å². The smallest absolute Gasteiger partial charge is 0.342 e. The van der Waals surface area contributed by atoms with Crippen molar-refractivity contribution >= 4 is 11.6 Å². The van der Waals surface area contributed by atoms with Crippen LogP contribution in [0.1, 0.15) is 31.0 Å². The van der Waals surface area contributed by atoms with Crippen molar-refractivity contribution in [2.45, 2.75) is 33.6 Å². The first kappa shape index (κ1) is 12.2. The molecule has 19 heavy (non-hydrogen) atoms. The molecule has 1 atom stereocenters. The Morgan fingerprint density at radius 1 is 1.37 bits per heavy atom. The van der Waals surface area contributed by atoms with Crippen LogP contribution in [0.4, 0.5) is 5.95 Å². The van der Waals surface area contributed by atoms with Crippen LogP contribution in [0.3, 0.4) is 0 Å². The van der Waals surface area contributed by atoms with Crippen LogP contribution in [0.25, 0.3) is 5.65 Å². The standard InChI is InChI=1S/C13H19N5O/c1-8-5-4-6-17(7-8)12-14-10(3)9(2)11-15-16-13(19)18(11)12/h8H,4-7H2,1-3H3,(H,16,19). The lowest BCUT2D eigenvalue weighted by atomic mass is 10.0. The zero-order valence-corrected chi connectivity index (χ0v) is 11.6. The van der Waals surface area contributed by atoms with Crippen LogP contribution in [0, 0.1) is 19.8 Å². The average Bonchev–Trinajstić information content (AvgIpc) is 2.76. The second kappa shape index (κ2) is 4.36. The molecule has 1 saturated heterocycles. The number of fused-ring (bicyclic) bond motifs is 1. The molecule has 1 N–H and O–H groups in total. The number of anilines is 1. The van der Waals surface area contributed by atoms with Crippen LogP contribution < -0.4 is 10.6 Å². The Hall–Kier alpha value is -1.85. The van der Waals surface area contributed by atoms with E-state index in [1.165, 1.54) is 6.42 Å². The molecule has 0 aliphatic carbocycles. The highest BCUT2D eigenvalue weighted by Gasteiger charge is 2.22. The zero-order valence-electron chi connectivity index (χ0n) is 11.6. The van der Waals surface area contributed by atoms with Crippen LogP contribution in [-0.4, -0.2) is 32.7 Å². The number of nitrogens with zero attached hydrogens (tertiary/aromatic N) is 4. The molecule has 102 valence electrons. The fraction of sp³-hybridized carbons (Fsp3) is 0.615. The highest BCUT2D eigenvalue weighted by molar-refractivity contribution is 5.54. The quantitative estimate of drug-likeness (QED) is 0.839. The Morgan fingerprint density at radius 3 is 2.89 bits per heavy atom. The number of hydrogen-bond donors (Lipinski definition) is 1. The molecule has 6 nitrogen and oxygen atoms in total. The van der Waals surface area contributed by atoms with E-state index in [2.05, 4.69) is 27.0 Å². The molecule has 3 heterocycles. The van der Waals surface area contributed by atoms with Gasteiger partial charge in [0.1, 0.15) is 0 Å². The number of hydrogen-bond acceptors (Lipinski definition) is 4. The number of nitrogens with one attached hydrogen (secondary N) is 1. The Kier molecular flexibility index (Phi) is 2.80. The van der Waals surface area contributed by atoms with Gasteiger partial charge in [-0.1, -0.05) is 6.92 Å². The maximum Gasteiger partial charge on any atom is 0.350 e. The third kappa shape index (κ3) is 1.91. The SMILES string of the molecule is Cc1nc(N2CCCC(C)C2)n2c(=O)[nH]nc2c1C. The molecule has 1 aliphatic rings. The van der Waals surface area contributed by atoms with Gasteiger partial charge in [-0.2, -0.15) is 5.10 Å². The molecular formula is C13H19N5O. The number of H-pyrrole nitrogens is 1. The molecule has 3 rings (SSSR count). The summed E-state index contributed by atoms with van der Waals surface area (Å²) in [5.41, 5.74) is 2.36. The number of aromatic nitrogens is 4. The second-order valence-electron chi connectivity index (χ2n) is 5.50. The maximum atomic E-state index is 12.0. The van der Waals surface area contributed by atoms with Gasteiger partial charge in [0.2, 0.25) is 5.95 Å². The van der Waals surface area contributed by atoms with Crippen LogP contribution >= 0.6 is 0 Å². The summed E-state index contributed by atoms with van der Waals surface area (Å²) in [5, 5.41) is 6.64. The molecule has 1 fully saturated rings. The first-order valence-corrected chi connectivity index (χ1v) is 6.77. The maximum absolute atomic E-state index is 12.0. The van der Waals surface area contributed by atoms with Gasteiger partial charge in [-0.3, -0.25) is 0 Å². The summed E-state index contributed by atoms with van der Waals surface area (Å²) in [4.78, 5) is 18.8. The van der Waals surface area contributed by atoms with Crippen molar-refractivity contribution in [2.24, 2.45) is 5.92 Å². The van der Waals surface area contributed by atoms with E-state index in [-0.39, 0.29) is 5.69 Å². The largest absolute Gasteiger partial charge is 0.350 e. The fourth-order valence-electron chi connectivity index (χ4n) is 2.76. The molecule has 0 bridgehead atoms. The average molecular weight is 261 g/mol. The molecule has 0 saturated carbocycles. The van der Waals surface area contributed by atoms with Gasteiger partial charge in [-0.05, 0) is 32.6 Å². The van der Waals surface area contributed by atoms with Crippen molar-refractivity contribution in [3.8, 4) is 0 Å². The van der Waals surface area contributed by atoms with Crippen LogP contribution in [0.15, 0.2) is 4.79 Å². The van der Waals surface area contributed by atoms with Crippen LogP contribution in [0.5, 0.6) is 0 Å². The molecule has 2 aromatic rings. The molecule has 2 aromatic heterocycles. The van der Waals surface area contributed by atoms with Gasteiger partial charge in [0, 0.05) is 24.3 Å². The lowest BCUT2D eigenvalue weighted by molar-refractivity contribution is 0.440. The van der Waals surface area contributed by atoms with E-state index in [0.29, 0.717) is 11.6 Å². The van der Waals surface area contributed by atoms with E-state index in [9.17, 15) is 4.79 Å². The van der Waals surface area contributed by atoms with Crippen LogP contribution in [-0.2, 0) is 0 Å². The van der Waals surface area contributed by atoms with E-state index in [0.717, 1.165) is 36.7 Å². The monoisotopic (exact) mass is 261 g/mol. The summed E-state index contributed by atoms with van der Waals surface area (Å²) in [6.45, 7) is 8.04. The molecule has 0 amide bonds. The lowest BCUT2D eigenvalue weighted by Crippen LogP contribution is -2.37. The Morgan fingerprint density at radius 2 is 2.16 bits per heavy atom. The van der Waals surface area contributed by atoms with E-state index in [1.54, 1.807) is 4.40 Å². The Labute approximate surface area is 111 Å². The summed E-state index contributed by atoms with van der Waals surface area (Å²) < 4.78 is 1.60. The molecule has 0 spiro atoms. The van der Waals surface area contributed by atoms with Crippen molar-refractivity contribution < 1.29 is 0 Å². The van der Waals surface area contributed by atoms with Crippen molar-refractivity contribution in [2.75, 3.05) is 18.0 Å². The highest BCUT2D eigenvalue weighted by Crippen LogP contribution is 2.23. The van der Waals surface area contributed by atoms with Crippen molar-refractivity contribution in [3.05, 3.63) is 21.7 Å². The van der Waals surface area contributed by atoms with Gasteiger partial charge in [0.25, 0.3) is 0 Å². The number of rotatable bonds is 1. The van der Waals surface area contributed by atoms with E-state index in [1.807, 2.05) is 13.8 Å². The minimum atomic E-state index is -0.209. The zero-order chi connectivity index (χ0) is 13.6. The summed E-state index contributed by atoms with van der Waals surface area (Å²) in [6.07, 6.45) is 2.38. The van der Waals surface area contributed by atoms with E-state index >= 15 is 0 Å². The van der Waals surface area contributed by atoms with Gasteiger partial charge >= 0.3 is 5.69 Å².